The number of carbonyl (C=O) groups excluding carboxylic acids is 1. The van der Waals surface area contributed by atoms with Crippen molar-refractivity contribution < 1.29 is 9.90 Å². The SMILES string of the molecule is CCC(CCO)CNC(=O)c1cnc2sc(C)c(C)n2c1=O. The van der Waals surface area contributed by atoms with E-state index in [9.17, 15) is 9.59 Å². The van der Waals surface area contributed by atoms with Crippen LogP contribution < -0.4 is 10.9 Å². The molecule has 0 bridgehead atoms. The molecule has 0 aromatic carbocycles. The second-order valence-corrected chi connectivity index (χ2v) is 6.52. The van der Waals surface area contributed by atoms with Crippen molar-refractivity contribution in [2.45, 2.75) is 33.6 Å². The molecule has 0 fully saturated rings. The molecule has 1 amide bonds. The van der Waals surface area contributed by atoms with Crippen molar-refractivity contribution in [3.8, 4) is 0 Å². The molecule has 0 aliphatic heterocycles. The molecule has 1 atom stereocenters. The number of nitrogens with zero attached hydrogens (tertiary/aromatic N) is 2. The Bertz CT molecular complexity index is 735. The highest BCUT2D eigenvalue weighted by molar-refractivity contribution is 7.17. The summed E-state index contributed by atoms with van der Waals surface area (Å²) in [6.45, 7) is 6.32. The lowest BCUT2D eigenvalue weighted by atomic mass is 10.0. The van der Waals surface area contributed by atoms with Gasteiger partial charge in [-0.1, -0.05) is 13.3 Å². The van der Waals surface area contributed by atoms with E-state index in [0.717, 1.165) is 17.0 Å². The van der Waals surface area contributed by atoms with Crippen LogP contribution >= 0.6 is 11.3 Å². The monoisotopic (exact) mass is 323 g/mol. The van der Waals surface area contributed by atoms with Crippen molar-refractivity contribution in [1.82, 2.24) is 14.7 Å². The van der Waals surface area contributed by atoms with Crippen LogP contribution in [0, 0.1) is 19.8 Å². The Labute approximate surface area is 132 Å². The molecule has 0 spiro atoms. The molecule has 0 saturated carbocycles. The molecule has 6 nitrogen and oxygen atoms in total. The molecular weight excluding hydrogens is 302 g/mol. The van der Waals surface area contributed by atoms with Gasteiger partial charge in [-0.25, -0.2) is 4.98 Å². The molecular formula is C15H21N3O3S. The Morgan fingerprint density at radius 2 is 2.23 bits per heavy atom. The van der Waals surface area contributed by atoms with Gasteiger partial charge in [0.15, 0.2) is 4.96 Å². The average molecular weight is 323 g/mol. The Kier molecular flexibility index (Phi) is 5.31. The standard InChI is InChI=1S/C15H21N3O3S/c1-4-11(5-6-19)7-16-13(20)12-8-17-15-18(14(12)21)9(2)10(3)22-15/h8,11,19H,4-7H2,1-3H3,(H,16,20). The highest BCUT2D eigenvalue weighted by Crippen LogP contribution is 2.18. The van der Waals surface area contributed by atoms with Crippen molar-refractivity contribution >= 4 is 22.2 Å². The highest BCUT2D eigenvalue weighted by atomic mass is 32.1. The summed E-state index contributed by atoms with van der Waals surface area (Å²) < 4.78 is 1.49. The number of aliphatic hydroxyl groups excluding tert-OH is 1. The smallest absolute Gasteiger partial charge is 0.271 e. The Morgan fingerprint density at radius 3 is 2.86 bits per heavy atom. The van der Waals surface area contributed by atoms with E-state index in [0.29, 0.717) is 17.9 Å². The predicted octanol–water partition coefficient (Wildman–Crippen LogP) is 1.51. The van der Waals surface area contributed by atoms with Gasteiger partial charge in [-0.15, -0.1) is 11.3 Å². The largest absolute Gasteiger partial charge is 0.396 e. The van der Waals surface area contributed by atoms with E-state index in [4.69, 9.17) is 5.11 Å². The zero-order valence-corrected chi connectivity index (χ0v) is 13.9. The van der Waals surface area contributed by atoms with Crippen molar-refractivity contribution in [2.75, 3.05) is 13.2 Å². The van der Waals surface area contributed by atoms with Crippen LogP contribution in [0.2, 0.25) is 0 Å². The fourth-order valence-electron chi connectivity index (χ4n) is 2.30. The van der Waals surface area contributed by atoms with Crippen LogP contribution in [0.15, 0.2) is 11.0 Å². The summed E-state index contributed by atoms with van der Waals surface area (Å²) in [6.07, 6.45) is 2.84. The third-order valence-electron chi connectivity index (χ3n) is 3.93. The first-order chi connectivity index (χ1) is 10.5. The summed E-state index contributed by atoms with van der Waals surface area (Å²) in [5, 5.41) is 11.7. The third-order valence-corrected chi connectivity index (χ3v) is 5.00. The molecule has 2 N–H and O–H groups in total. The van der Waals surface area contributed by atoms with Gasteiger partial charge in [0, 0.05) is 29.9 Å². The molecule has 120 valence electrons. The molecule has 0 radical (unpaired) electrons. The van der Waals surface area contributed by atoms with E-state index in [1.807, 2.05) is 20.8 Å². The lowest BCUT2D eigenvalue weighted by molar-refractivity contribution is 0.0941. The number of aromatic nitrogens is 2. The van der Waals surface area contributed by atoms with E-state index in [1.54, 1.807) is 0 Å². The fraction of sp³-hybridized carbons (Fsp3) is 0.533. The van der Waals surface area contributed by atoms with Gasteiger partial charge in [-0.3, -0.25) is 14.0 Å². The topological polar surface area (TPSA) is 83.7 Å². The first-order valence-corrected chi connectivity index (χ1v) is 8.18. The zero-order valence-electron chi connectivity index (χ0n) is 13.0. The van der Waals surface area contributed by atoms with Gasteiger partial charge in [0.25, 0.3) is 11.5 Å². The average Bonchev–Trinajstić information content (AvgIpc) is 2.79. The Hall–Kier alpha value is -1.73. The van der Waals surface area contributed by atoms with E-state index >= 15 is 0 Å². The van der Waals surface area contributed by atoms with Crippen LogP contribution in [-0.4, -0.2) is 33.6 Å². The summed E-state index contributed by atoms with van der Waals surface area (Å²) >= 11 is 1.43. The number of thiazole rings is 1. The van der Waals surface area contributed by atoms with Crippen LogP contribution in [0.4, 0.5) is 0 Å². The number of hydrogen-bond acceptors (Lipinski definition) is 5. The number of aliphatic hydroxyl groups is 1. The summed E-state index contributed by atoms with van der Waals surface area (Å²) in [7, 11) is 0. The molecule has 0 aliphatic rings. The van der Waals surface area contributed by atoms with Gasteiger partial charge < -0.3 is 10.4 Å². The lowest BCUT2D eigenvalue weighted by Gasteiger charge is -2.14. The minimum Gasteiger partial charge on any atom is -0.396 e. The first-order valence-electron chi connectivity index (χ1n) is 7.36. The number of fused-ring (bicyclic) bond motifs is 1. The fourth-order valence-corrected chi connectivity index (χ4v) is 3.23. The zero-order chi connectivity index (χ0) is 16.3. The molecule has 7 heteroatoms. The van der Waals surface area contributed by atoms with E-state index in [-0.39, 0.29) is 23.6 Å². The number of aryl methyl sites for hydroxylation is 2. The number of carbonyl (C=O) groups is 1. The van der Waals surface area contributed by atoms with Gasteiger partial charge in [-0.2, -0.15) is 0 Å². The van der Waals surface area contributed by atoms with E-state index in [1.165, 1.54) is 21.9 Å². The molecule has 2 aromatic rings. The molecule has 22 heavy (non-hydrogen) atoms. The number of rotatable bonds is 6. The second kappa shape index (κ2) is 7.02. The van der Waals surface area contributed by atoms with Crippen LogP contribution in [0.3, 0.4) is 0 Å². The molecule has 2 aromatic heterocycles. The van der Waals surface area contributed by atoms with Crippen LogP contribution in [-0.2, 0) is 0 Å². The quantitative estimate of drug-likeness (QED) is 0.844. The van der Waals surface area contributed by atoms with Gasteiger partial charge in [0.05, 0.1) is 0 Å². The predicted molar refractivity (Wildman–Crippen MR) is 86.6 cm³/mol. The third kappa shape index (κ3) is 3.20. The molecule has 2 rings (SSSR count). The number of nitrogens with one attached hydrogen (secondary N) is 1. The summed E-state index contributed by atoms with van der Waals surface area (Å²) in [4.78, 5) is 30.5. The highest BCUT2D eigenvalue weighted by Gasteiger charge is 2.17. The van der Waals surface area contributed by atoms with Gasteiger partial charge in [-0.05, 0) is 26.2 Å². The summed E-state index contributed by atoms with van der Waals surface area (Å²) in [5.74, 6) is -0.204. The van der Waals surface area contributed by atoms with Gasteiger partial charge in [0.2, 0.25) is 0 Å². The number of amides is 1. The maximum atomic E-state index is 12.5. The summed E-state index contributed by atoms with van der Waals surface area (Å²) in [6, 6.07) is 0. The normalized spacial score (nSPS) is 12.5. The first kappa shape index (κ1) is 16.6. The molecule has 0 saturated heterocycles. The van der Waals surface area contributed by atoms with Crippen LogP contribution in [0.5, 0.6) is 0 Å². The maximum Gasteiger partial charge on any atom is 0.271 e. The molecule has 0 aliphatic carbocycles. The Morgan fingerprint density at radius 1 is 1.50 bits per heavy atom. The number of hydrogen-bond donors (Lipinski definition) is 2. The minimum absolute atomic E-state index is 0.0530. The Balaban J connectivity index is 2.23. The summed E-state index contributed by atoms with van der Waals surface area (Å²) in [5.41, 5.74) is 0.538. The van der Waals surface area contributed by atoms with Crippen LogP contribution in [0.25, 0.3) is 4.96 Å². The second-order valence-electron chi connectivity index (χ2n) is 5.34. The minimum atomic E-state index is -0.411. The van der Waals surface area contributed by atoms with Gasteiger partial charge in [0.1, 0.15) is 5.56 Å². The lowest BCUT2D eigenvalue weighted by Crippen LogP contribution is -2.34. The van der Waals surface area contributed by atoms with Crippen LogP contribution in [0.1, 0.15) is 40.7 Å². The van der Waals surface area contributed by atoms with Crippen molar-refractivity contribution in [1.29, 1.82) is 0 Å². The molecule has 1 unspecified atom stereocenters. The molecule has 2 heterocycles. The van der Waals surface area contributed by atoms with E-state index < -0.39 is 5.91 Å². The van der Waals surface area contributed by atoms with Gasteiger partial charge >= 0.3 is 0 Å². The van der Waals surface area contributed by atoms with Crippen molar-refractivity contribution in [2.24, 2.45) is 5.92 Å². The van der Waals surface area contributed by atoms with E-state index in [2.05, 4.69) is 10.3 Å². The van der Waals surface area contributed by atoms with Crippen molar-refractivity contribution in [3.05, 3.63) is 32.7 Å². The maximum absolute atomic E-state index is 12.5. The van der Waals surface area contributed by atoms with Crippen molar-refractivity contribution in [3.63, 3.8) is 0 Å².